The average Bonchev–Trinajstić information content (AvgIpc) is 2.44. The van der Waals surface area contributed by atoms with Gasteiger partial charge in [-0.15, -0.1) is 0 Å². The number of carbonyl (C=O) groups is 2. The second-order valence-electron chi connectivity index (χ2n) is 6.15. The molecule has 21 heavy (non-hydrogen) atoms. The van der Waals surface area contributed by atoms with Crippen molar-refractivity contribution < 1.29 is 14.5 Å². The van der Waals surface area contributed by atoms with Crippen molar-refractivity contribution in [2.75, 3.05) is 19.6 Å². The van der Waals surface area contributed by atoms with Crippen LogP contribution in [0.3, 0.4) is 0 Å². The van der Waals surface area contributed by atoms with E-state index in [1.807, 2.05) is 6.07 Å². The van der Waals surface area contributed by atoms with Gasteiger partial charge < -0.3 is 4.90 Å². The monoisotopic (exact) mass is 290 g/mol. The molecular formula is C16H24N3O2+. The molecule has 1 fully saturated rings. The Morgan fingerprint density at radius 1 is 1.10 bits per heavy atom. The molecule has 2 amide bonds. The molecule has 0 aromatic heterocycles. The van der Waals surface area contributed by atoms with Crippen LogP contribution in [0.15, 0.2) is 30.3 Å². The number of hydrogen-bond acceptors (Lipinski definition) is 2. The maximum atomic E-state index is 11.9. The topological polar surface area (TPSA) is 62.6 Å². The van der Waals surface area contributed by atoms with Crippen LogP contribution in [0.4, 0.5) is 0 Å². The minimum Gasteiger partial charge on any atom is -0.327 e. The van der Waals surface area contributed by atoms with E-state index in [0.29, 0.717) is 23.9 Å². The van der Waals surface area contributed by atoms with Gasteiger partial charge in [-0.3, -0.25) is 20.4 Å². The molecule has 5 heteroatoms. The molecule has 1 aromatic rings. The highest BCUT2D eigenvalue weighted by Gasteiger charge is 2.26. The molecule has 0 aliphatic carbocycles. The average molecular weight is 290 g/mol. The van der Waals surface area contributed by atoms with Crippen molar-refractivity contribution in [1.29, 1.82) is 0 Å². The van der Waals surface area contributed by atoms with Gasteiger partial charge in [0.2, 0.25) is 0 Å². The van der Waals surface area contributed by atoms with Crippen molar-refractivity contribution in [1.82, 2.24) is 10.9 Å². The summed E-state index contributed by atoms with van der Waals surface area (Å²) in [4.78, 5) is 25.0. The van der Waals surface area contributed by atoms with Gasteiger partial charge in [0.25, 0.3) is 11.8 Å². The molecule has 0 unspecified atom stereocenters. The lowest BCUT2D eigenvalue weighted by Gasteiger charge is -2.31. The third-order valence-corrected chi connectivity index (χ3v) is 3.84. The van der Waals surface area contributed by atoms with E-state index < -0.39 is 0 Å². The highest BCUT2D eigenvalue weighted by molar-refractivity contribution is 5.95. The Morgan fingerprint density at radius 2 is 1.71 bits per heavy atom. The van der Waals surface area contributed by atoms with Crippen molar-refractivity contribution in [3.05, 3.63) is 35.9 Å². The minimum absolute atomic E-state index is 0.143. The second-order valence-corrected chi connectivity index (χ2v) is 6.15. The molecular weight excluding hydrogens is 266 g/mol. The van der Waals surface area contributed by atoms with Gasteiger partial charge in [0.1, 0.15) is 0 Å². The number of carbonyl (C=O) groups excluding carboxylic acids is 2. The zero-order valence-electron chi connectivity index (χ0n) is 12.7. The molecule has 0 saturated carbocycles. The Balaban J connectivity index is 1.76. The van der Waals surface area contributed by atoms with Gasteiger partial charge in [0.05, 0.1) is 13.1 Å². The highest BCUT2D eigenvalue weighted by atomic mass is 16.2. The number of nitrogens with one attached hydrogen (secondary N) is 3. The molecule has 3 N–H and O–H groups in total. The summed E-state index contributed by atoms with van der Waals surface area (Å²) in [5, 5.41) is 0. The molecule has 1 aromatic carbocycles. The molecule has 2 rings (SSSR count). The van der Waals surface area contributed by atoms with E-state index in [2.05, 4.69) is 24.7 Å². The van der Waals surface area contributed by atoms with Crippen LogP contribution < -0.4 is 15.8 Å². The van der Waals surface area contributed by atoms with E-state index in [1.165, 1.54) is 11.3 Å². The van der Waals surface area contributed by atoms with Crippen LogP contribution in [0.2, 0.25) is 0 Å². The zero-order valence-corrected chi connectivity index (χ0v) is 12.7. The first-order valence-corrected chi connectivity index (χ1v) is 7.52. The number of quaternary nitrogens is 1. The molecule has 1 aliphatic heterocycles. The summed E-state index contributed by atoms with van der Waals surface area (Å²) >= 11 is 0. The van der Waals surface area contributed by atoms with E-state index in [1.54, 1.807) is 24.3 Å². The fourth-order valence-electron chi connectivity index (χ4n) is 3.13. The lowest BCUT2D eigenvalue weighted by atomic mass is 9.92. The van der Waals surface area contributed by atoms with Crippen molar-refractivity contribution in [3.8, 4) is 0 Å². The second kappa shape index (κ2) is 7.22. The lowest BCUT2D eigenvalue weighted by Crippen LogP contribution is -3.15. The maximum absolute atomic E-state index is 11.9. The van der Waals surface area contributed by atoms with E-state index in [-0.39, 0.29) is 11.8 Å². The summed E-state index contributed by atoms with van der Waals surface area (Å²) in [6, 6.07) is 8.84. The van der Waals surface area contributed by atoms with E-state index in [4.69, 9.17) is 0 Å². The summed E-state index contributed by atoms with van der Waals surface area (Å²) in [7, 11) is 0. The van der Waals surface area contributed by atoms with Gasteiger partial charge in [0, 0.05) is 17.4 Å². The van der Waals surface area contributed by atoms with E-state index in [0.717, 1.165) is 13.1 Å². The van der Waals surface area contributed by atoms with Gasteiger partial charge in [-0.25, -0.2) is 0 Å². The van der Waals surface area contributed by atoms with Crippen LogP contribution in [0.25, 0.3) is 0 Å². The molecule has 0 radical (unpaired) electrons. The van der Waals surface area contributed by atoms with Gasteiger partial charge in [0.15, 0.2) is 6.54 Å². The highest BCUT2D eigenvalue weighted by Crippen LogP contribution is 2.11. The van der Waals surface area contributed by atoms with Gasteiger partial charge in [-0.05, 0) is 18.6 Å². The minimum atomic E-state index is -0.292. The van der Waals surface area contributed by atoms with E-state index in [9.17, 15) is 9.59 Å². The quantitative estimate of drug-likeness (QED) is 0.687. The lowest BCUT2D eigenvalue weighted by molar-refractivity contribution is -0.904. The number of piperidine rings is 1. The number of hydrazine groups is 1. The number of likely N-dealkylation sites (tertiary alicyclic amines) is 1. The maximum Gasteiger partial charge on any atom is 0.293 e. The van der Waals surface area contributed by atoms with Crippen LogP contribution in [-0.4, -0.2) is 31.4 Å². The molecule has 114 valence electrons. The van der Waals surface area contributed by atoms with Crippen molar-refractivity contribution >= 4 is 11.8 Å². The summed E-state index contributed by atoms with van der Waals surface area (Å²) < 4.78 is 0. The zero-order chi connectivity index (χ0) is 15.2. The van der Waals surface area contributed by atoms with Crippen molar-refractivity contribution in [2.24, 2.45) is 11.8 Å². The van der Waals surface area contributed by atoms with Gasteiger partial charge >= 0.3 is 0 Å². The molecule has 1 aliphatic rings. The molecule has 0 bridgehead atoms. The summed E-state index contributed by atoms with van der Waals surface area (Å²) in [6.07, 6.45) is 1.23. The predicted molar refractivity (Wildman–Crippen MR) is 80.6 cm³/mol. The predicted octanol–water partition coefficient (Wildman–Crippen LogP) is 0.00840. The summed E-state index contributed by atoms with van der Waals surface area (Å²) in [6.45, 7) is 6.90. The fraction of sp³-hybridized carbons (Fsp3) is 0.500. The molecule has 5 nitrogen and oxygen atoms in total. The third kappa shape index (κ3) is 4.86. The van der Waals surface area contributed by atoms with Crippen molar-refractivity contribution in [2.45, 2.75) is 20.3 Å². The van der Waals surface area contributed by atoms with Crippen LogP contribution >= 0.6 is 0 Å². The number of rotatable bonds is 3. The molecule has 1 heterocycles. The first-order valence-electron chi connectivity index (χ1n) is 7.52. The molecule has 2 atom stereocenters. The summed E-state index contributed by atoms with van der Waals surface area (Å²) in [5.74, 6) is 0.862. The van der Waals surface area contributed by atoms with Gasteiger partial charge in [-0.2, -0.15) is 0 Å². The smallest absolute Gasteiger partial charge is 0.293 e. The first kappa shape index (κ1) is 15.5. The molecule has 1 saturated heterocycles. The Morgan fingerprint density at radius 3 is 2.33 bits per heavy atom. The Kier molecular flexibility index (Phi) is 5.33. The first-order chi connectivity index (χ1) is 10.0. The SMILES string of the molecule is C[C@H]1C[C@H](C)C[NH+](CC(=O)NNC(=O)c2ccccc2)C1. The number of benzene rings is 1. The fourth-order valence-corrected chi connectivity index (χ4v) is 3.13. The number of hydrogen-bond donors (Lipinski definition) is 3. The van der Waals surface area contributed by atoms with Crippen molar-refractivity contribution in [3.63, 3.8) is 0 Å². The van der Waals surface area contributed by atoms with Gasteiger partial charge in [-0.1, -0.05) is 32.0 Å². The van der Waals surface area contributed by atoms with Crippen LogP contribution in [-0.2, 0) is 4.79 Å². The van der Waals surface area contributed by atoms with Crippen LogP contribution in [0, 0.1) is 11.8 Å². The normalized spacial score (nSPS) is 25.1. The van der Waals surface area contributed by atoms with Crippen LogP contribution in [0.1, 0.15) is 30.6 Å². The Bertz CT molecular complexity index is 480. The molecule has 0 spiro atoms. The van der Waals surface area contributed by atoms with E-state index >= 15 is 0 Å². The standard InChI is InChI=1S/C16H23N3O2/c1-12-8-13(2)10-19(9-12)11-15(20)17-18-16(21)14-6-4-3-5-7-14/h3-7,12-13H,8-11H2,1-2H3,(H,17,20)(H,18,21)/p+1/t12-,13-/m0/s1. The largest absolute Gasteiger partial charge is 0.327 e. The van der Waals surface area contributed by atoms with Crippen LogP contribution in [0.5, 0.6) is 0 Å². The Hall–Kier alpha value is -1.88. The third-order valence-electron chi connectivity index (χ3n) is 3.84. The Labute approximate surface area is 125 Å². The number of amides is 2. The summed E-state index contributed by atoms with van der Waals surface area (Å²) in [5.41, 5.74) is 5.49.